The van der Waals surface area contributed by atoms with Gasteiger partial charge < -0.3 is 4.84 Å². The lowest BCUT2D eigenvalue weighted by Gasteiger charge is -2.15. The number of carbonyl (C=O) groups excluding carboxylic acids is 2. The summed E-state index contributed by atoms with van der Waals surface area (Å²) in [6.45, 7) is 5.44. The van der Waals surface area contributed by atoms with Crippen molar-refractivity contribution >= 4 is 23.2 Å². The van der Waals surface area contributed by atoms with Crippen LogP contribution in [0.3, 0.4) is 0 Å². The van der Waals surface area contributed by atoms with Crippen molar-refractivity contribution < 1.29 is 19.3 Å². The molecule has 0 aliphatic heterocycles. The number of hydrogen-bond donors (Lipinski definition) is 0. The van der Waals surface area contributed by atoms with Gasteiger partial charge in [-0.1, -0.05) is 25.1 Å². The van der Waals surface area contributed by atoms with Crippen molar-refractivity contribution in [1.29, 1.82) is 0 Å². The predicted molar refractivity (Wildman–Crippen MR) is 87.6 cm³/mol. The first-order chi connectivity index (χ1) is 11.3. The summed E-state index contributed by atoms with van der Waals surface area (Å²) in [5.41, 5.74) is 1.36. The molecule has 0 fully saturated rings. The Morgan fingerprint density at radius 2 is 2.00 bits per heavy atom. The minimum absolute atomic E-state index is 0.0218. The number of nitro groups is 1. The second-order valence-corrected chi connectivity index (χ2v) is 5.61. The summed E-state index contributed by atoms with van der Waals surface area (Å²) in [4.78, 5) is 38.8. The van der Waals surface area contributed by atoms with E-state index >= 15 is 0 Å². The van der Waals surface area contributed by atoms with Crippen LogP contribution in [0.2, 0.25) is 0 Å². The quantitative estimate of drug-likeness (QED) is 0.366. The smallest absolute Gasteiger partial charge is 0.312 e. The molecule has 0 radical (unpaired) electrons. The highest BCUT2D eigenvalue weighted by Gasteiger charge is 2.20. The summed E-state index contributed by atoms with van der Waals surface area (Å²) >= 11 is 0. The Hall–Kier alpha value is -3.09. The van der Waals surface area contributed by atoms with E-state index in [1.165, 1.54) is 24.3 Å². The van der Waals surface area contributed by atoms with Gasteiger partial charge in [0.2, 0.25) is 0 Å². The summed E-state index contributed by atoms with van der Waals surface area (Å²) in [5.74, 6) is -0.895. The molecule has 24 heavy (non-hydrogen) atoms. The fraction of sp³-hybridized carbons (Fsp3) is 0.235. The molecule has 0 bridgehead atoms. The molecule has 0 unspecified atom stereocenters. The molecule has 0 amide bonds. The van der Waals surface area contributed by atoms with E-state index in [1.807, 2.05) is 13.8 Å². The first-order valence-electron chi connectivity index (χ1n) is 7.28. The van der Waals surface area contributed by atoms with E-state index < -0.39 is 10.9 Å². The van der Waals surface area contributed by atoms with Crippen molar-refractivity contribution in [2.75, 3.05) is 0 Å². The first-order valence-corrected chi connectivity index (χ1v) is 7.28. The number of oxime groups is 1. The monoisotopic (exact) mass is 328 g/mol. The molecule has 7 heteroatoms. The number of ketones is 1. The molecule has 0 saturated carbocycles. The summed E-state index contributed by atoms with van der Waals surface area (Å²) in [7, 11) is 0. The van der Waals surface area contributed by atoms with Crippen LogP contribution in [-0.2, 0) is 9.63 Å². The zero-order chi connectivity index (χ0) is 17.9. The first kappa shape index (κ1) is 17.3. The van der Waals surface area contributed by atoms with Gasteiger partial charge in [-0.05, 0) is 42.2 Å². The molecule has 0 saturated heterocycles. The number of non-ortho nitro benzene ring substituents is 1. The van der Waals surface area contributed by atoms with Crippen LogP contribution >= 0.6 is 0 Å². The topological polar surface area (TPSA) is 98.9 Å². The Balaban J connectivity index is 2.24. The van der Waals surface area contributed by atoms with E-state index in [2.05, 4.69) is 5.16 Å². The van der Waals surface area contributed by atoms with Crippen LogP contribution < -0.4 is 0 Å². The van der Waals surface area contributed by atoms with E-state index in [-0.39, 0.29) is 23.0 Å². The summed E-state index contributed by atoms with van der Waals surface area (Å²) in [5, 5.41) is 14.6. The maximum atomic E-state index is 12.0. The molecule has 2 rings (SSSR count). The third kappa shape index (κ3) is 3.81. The Bertz CT molecular complexity index is 803. The molecule has 1 aromatic rings. The van der Waals surface area contributed by atoms with Gasteiger partial charge in [0.05, 0.1) is 10.5 Å². The second-order valence-electron chi connectivity index (χ2n) is 5.61. The maximum absolute atomic E-state index is 12.0. The Kier molecular flexibility index (Phi) is 5.03. The SMILES string of the molecule is CC1=C/C(=N\OC(=O)c2cccc([N+](=O)[O-])c2)C(C(C)C)=CC1=O. The summed E-state index contributed by atoms with van der Waals surface area (Å²) < 4.78 is 0. The Labute approximate surface area is 138 Å². The highest BCUT2D eigenvalue weighted by atomic mass is 16.7. The van der Waals surface area contributed by atoms with Crippen molar-refractivity contribution in [2.45, 2.75) is 20.8 Å². The van der Waals surface area contributed by atoms with E-state index in [0.29, 0.717) is 16.9 Å². The van der Waals surface area contributed by atoms with Crippen LogP contribution in [0.5, 0.6) is 0 Å². The van der Waals surface area contributed by atoms with Crippen molar-refractivity contribution in [3.05, 3.63) is 63.2 Å². The van der Waals surface area contributed by atoms with Gasteiger partial charge in [-0.2, -0.15) is 0 Å². The van der Waals surface area contributed by atoms with Crippen LogP contribution in [0, 0.1) is 16.0 Å². The molecule has 0 N–H and O–H groups in total. The molecular weight excluding hydrogens is 312 g/mol. The van der Waals surface area contributed by atoms with Crippen LogP contribution in [0.25, 0.3) is 0 Å². The molecular formula is C17H16N2O5. The lowest BCUT2D eigenvalue weighted by molar-refractivity contribution is -0.384. The van der Waals surface area contributed by atoms with Gasteiger partial charge >= 0.3 is 5.97 Å². The predicted octanol–water partition coefficient (Wildman–Crippen LogP) is 3.22. The van der Waals surface area contributed by atoms with Gasteiger partial charge in [0.15, 0.2) is 5.78 Å². The lowest BCUT2D eigenvalue weighted by Crippen LogP contribution is -2.16. The maximum Gasteiger partial charge on any atom is 0.366 e. The molecule has 1 aromatic carbocycles. The summed E-state index contributed by atoms with van der Waals surface area (Å²) in [6, 6.07) is 5.19. The van der Waals surface area contributed by atoms with Gasteiger partial charge in [-0.25, -0.2) is 4.79 Å². The van der Waals surface area contributed by atoms with E-state index in [4.69, 9.17) is 4.84 Å². The van der Waals surface area contributed by atoms with Gasteiger partial charge in [0, 0.05) is 12.1 Å². The standard InChI is InChI=1S/C17H16N2O5/c1-10(2)14-9-16(20)11(3)7-15(14)18-24-17(21)12-5-4-6-13(8-12)19(22)23/h4-10H,1-3H3/b18-15+. The lowest BCUT2D eigenvalue weighted by atomic mass is 9.90. The number of rotatable bonds is 4. The second kappa shape index (κ2) is 6.99. The summed E-state index contributed by atoms with van der Waals surface area (Å²) in [6.07, 6.45) is 3.03. The molecule has 124 valence electrons. The zero-order valence-corrected chi connectivity index (χ0v) is 13.5. The molecule has 1 aliphatic carbocycles. The van der Waals surface area contributed by atoms with Crippen molar-refractivity contribution in [3.8, 4) is 0 Å². The number of carbonyl (C=O) groups is 2. The molecule has 0 spiro atoms. The normalized spacial score (nSPS) is 16.0. The Morgan fingerprint density at radius 3 is 2.62 bits per heavy atom. The third-order valence-corrected chi connectivity index (χ3v) is 3.47. The van der Waals surface area contributed by atoms with Gasteiger partial charge in [-0.15, -0.1) is 0 Å². The minimum Gasteiger partial charge on any atom is -0.312 e. The average molecular weight is 328 g/mol. The number of allylic oxidation sites excluding steroid dienone is 4. The van der Waals surface area contributed by atoms with Gasteiger partial charge in [0.25, 0.3) is 5.69 Å². The number of nitrogens with zero attached hydrogens (tertiary/aromatic N) is 2. The van der Waals surface area contributed by atoms with Crippen LogP contribution in [-0.4, -0.2) is 22.4 Å². The number of benzene rings is 1. The number of hydrogen-bond acceptors (Lipinski definition) is 6. The van der Waals surface area contributed by atoms with E-state index in [1.54, 1.807) is 13.0 Å². The molecule has 0 heterocycles. The molecule has 1 aliphatic rings. The molecule has 0 aromatic heterocycles. The molecule has 0 atom stereocenters. The minimum atomic E-state index is -0.808. The largest absolute Gasteiger partial charge is 0.366 e. The van der Waals surface area contributed by atoms with Gasteiger partial charge in [-0.3, -0.25) is 14.9 Å². The average Bonchev–Trinajstić information content (AvgIpc) is 2.55. The molecule has 7 nitrogen and oxygen atoms in total. The van der Waals surface area contributed by atoms with E-state index in [9.17, 15) is 19.7 Å². The fourth-order valence-electron chi connectivity index (χ4n) is 2.12. The van der Waals surface area contributed by atoms with Crippen LogP contribution in [0.15, 0.2) is 52.7 Å². The van der Waals surface area contributed by atoms with Crippen LogP contribution in [0.4, 0.5) is 5.69 Å². The highest BCUT2D eigenvalue weighted by molar-refractivity contribution is 6.21. The van der Waals surface area contributed by atoms with Crippen molar-refractivity contribution in [3.63, 3.8) is 0 Å². The third-order valence-electron chi connectivity index (χ3n) is 3.47. The fourth-order valence-corrected chi connectivity index (χ4v) is 2.12. The van der Waals surface area contributed by atoms with E-state index in [0.717, 1.165) is 6.07 Å². The van der Waals surface area contributed by atoms with Crippen molar-refractivity contribution in [2.24, 2.45) is 11.1 Å². The van der Waals surface area contributed by atoms with Crippen LogP contribution in [0.1, 0.15) is 31.1 Å². The Morgan fingerprint density at radius 1 is 1.29 bits per heavy atom. The zero-order valence-electron chi connectivity index (χ0n) is 13.5. The number of nitro benzene ring substituents is 1. The highest BCUT2D eigenvalue weighted by Crippen LogP contribution is 2.20. The van der Waals surface area contributed by atoms with Gasteiger partial charge in [0.1, 0.15) is 5.71 Å². The van der Waals surface area contributed by atoms with Crippen molar-refractivity contribution in [1.82, 2.24) is 0 Å².